The summed E-state index contributed by atoms with van der Waals surface area (Å²) in [6, 6.07) is 9.80. The Morgan fingerprint density at radius 3 is 2.69 bits per heavy atom. The highest BCUT2D eigenvalue weighted by atomic mass is 16.5. The van der Waals surface area contributed by atoms with Crippen LogP contribution >= 0.6 is 0 Å². The molecule has 2 saturated heterocycles. The molecular formula is C26H33N7O3. The van der Waals surface area contributed by atoms with Crippen molar-refractivity contribution in [3.63, 3.8) is 0 Å². The molecule has 0 radical (unpaired) electrons. The molecule has 1 amide bonds. The number of hydrogen-bond donors (Lipinski definition) is 2. The van der Waals surface area contributed by atoms with E-state index in [1.165, 1.54) is 0 Å². The Bertz CT molecular complexity index is 1230. The van der Waals surface area contributed by atoms with E-state index in [-0.39, 0.29) is 5.91 Å². The molecule has 3 N–H and O–H groups in total. The third-order valence-corrected chi connectivity index (χ3v) is 6.95. The molecule has 2 aliphatic rings. The van der Waals surface area contributed by atoms with Crippen molar-refractivity contribution >= 4 is 17.7 Å². The van der Waals surface area contributed by atoms with Gasteiger partial charge in [-0.1, -0.05) is 18.2 Å². The van der Waals surface area contributed by atoms with Crippen molar-refractivity contribution in [1.82, 2.24) is 25.2 Å². The Morgan fingerprint density at radius 1 is 1.14 bits per heavy atom. The number of aromatic nitrogens is 3. The number of rotatable bonds is 6. The quantitative estimate of drug-likeness (QED) is 0.535. The first-order valence-electron chi connectivity index (χ1n) is 12.3. The number of hydrogen-bond acceptors (Lipinski definition) is 9. The van der Waals surface area contributed by atoms with Crippen LogP contribution in [-0.2, 0) is 22.7 Å². The van der Waals surface area contributed by atoms with E-state index < -0.39 is 5.54 Å². The Morgan fingerprint density at radius 2 is 1.94 bits per heavy atom. The molecule has 2 aromatic heterocycles. The Labute approximate surface area is 210 Å². The van der Waals surface area contributed by atoms with Crippen LogP contribution in [0.5, 0.6) is 0 Å². The van der Waals surface area contributed by atoms with Gasteiger partial charge in [0.05, 0.1) is 13.2 Å². The molecule has 10 nitrogen and oxygen atoms in total. The molecule has 36 heavy (non-hydrogen) atoms. The second kappa shape index (κ2) is 9.87. The van der Waals surface area contributed by atoms with Crippen molar-refractivity contribution in [1.29, 1.82) is 0 Å². The van der Waals surface area contributed by atoms with Crippen LogP contribution in [-0.4, -0.2) is 64.6 Å². The first-order chi connectivity index (χ1) is 17.4. The van der Waals surface area contributed by atoms with Gasteiger partial charge in [-0.3, -0.25) is 4.79 Å². The number of nitrogen functional groups attached to an aromatic ring is 1. The fraction of sp³-hybridized carbons (Fsp3) is 0.462. The summed E-state index contributed by atoms with van der Waals surface area (Å²) in [5.74, 6) is 2.48. The molecule has 1 aromatic carbocycles. The number of methoxy groups -OCH3 is 1. The molecule has 1 spiro atoms. The zero-order valence-electron chi connectivity index (χ0n) is 21.1. The van der Waals surface area contributed by atoms with E-state index in [0.717, 1.165) is 29.1 Å². The van der Waals surface area contributed by atoms with Gasteiger partial charge in [0.1, 0.15) is 17.1 Å². The lowest BCUT2D eigenvalue weighted by atomic mass is 9.84. The van der Waals surface area contributed by atoms with Gasteiger partial charge in [0.25, 0.3) is 0 Å². The van der Waals surface area contributed by atoms with Crippen LogP contribution in [0.4, 0.5) is 11.8 Å². The summed E-state index contributed by atoms with van der Waals surface area (Å²) in [6.07, 6.45) is 1.34. The van der Waals surface area contributed by atoms with Gasteiger partial charge in [0, 0.05) is 57.5 Å². The molecule has 0 atom stereocenters. The molecule has 0 saturated carbocycles. The molecule has 3 aromatic rings. The second-order valence-corrected chi connectivity index (χ2v) is 9.60. The maximum absolute atomic E-state index is 13.8. The smallest absolute Gasteiger partial charge is 0.243 e. The average Bonchev–Trinajstić information content (AvgIpc) is 3.22. The van der Waals surface area contributed by atoms with Crippen molar-refractivity contribution in [2.75, 3.05) is 43.9 Å². The third-order valence-electron chi connectivity index (χ3n) is 6.95. The number of ether oxygens (including phenoxy) is 1. The van der Waals surface area contributed by atoms with E-state index in [9.17, 15) is 4.79 Å². The largest absolute Gasteiger partial charge is 0.441 e. The Balaban J connectivity index is 1.32. The molecule has 5 rings (SSSR count). The average molecular weight is 492 g/mol. The normalized spacial score (nSPS) is 17.7. The number of nitrogens with two attached hydrogens (primary N) is 1. The number of oxazole rings is 1. The van der Waals surface area contributed by atoms with E-state index in [4.69, 9.17) is 14.9 Å². The standard InChI is InChI=1S/C26H33N7O3/c1-17-13-22(27)31-25(29-17)32-10-7-26(8-11-32)24(34)33(12-9-28-26)15-21-23(36-18(2)30-21)20-6-4-5-19(14-20)16-35-3/h4-6,13-14,28H,7-12,15-16H2,1-3H3,(H2,27,29,31). The molecule has 2 aliphatic heterocycles. The highest BCUT2D eigenvalue weighted by Crippen LogP contribution is 2.32. The zero-order chi connectivity index (χ0) is 25.3. The number of carbonyl (C=O) groups excluding carboxylic acids is 1. The monoisotopic (exact) mass is 491 g/mol. The van der Waals surface area contributed by atoms with Crippen LogP contribution in [0.2, 0.25) is 0 Å². The topological polar surface area (TPSA) is 123 Å². The van der Waals surface area contributed by atoms with Crippen LogP contribution in [0.15, 0.2) is 34.7 Å². The Hall–Kier alpha value is -3.50. The summed E-state index contributed by atoms with van der Waals surface area (Å²) in [5, 5.41) is 3.53. The summed E-state index contributed by atoms with van der Waals surface area (Å²) in [5.41, 5.74) is 8.92. The third kappa shape index (κ3) is 4.78. The van der Waals surface area contributed by atoms with Crippen molar-refractivity contribution in [2.24, 2.45) is 0 Å². The van der Waals surface area contributed by atoms with Gasteiger partial charge in [-0.05, 0) is 31.4 Å². The van der Waals surface area contributed by atoms with Gasteiger partial charge in [-0.15, -0.1) is 0 Å². The fourth-order valence-electron chi connectivity index (χ4n) is 5.21. The Kier molecular flexibility index (Phi) is 6.63. The number of nitrogens with zero attached hydrogens (tertiary/aromatic N) is 5. The number of piperidine rings is 1. The van der Waals surface area contributed by atoms with Crippen LogP contribution in [0, 0.1) is 13.8 Å². The molecule has 190 valence electrons. The van der Waals surface area contributed by atoms with Gasteiger partial charge < -0.3 is 30.0 Å². The number of aryl methyl sites for hydroxylation is 2. The van der Waals surface area contributed by atoms with E-state index in [0.29, 0.717) is 69.0 Å². The second-order valence-electron chi connectivity index (χ2n) is 9.60. The fourth-order valence-corrected chi connectivity index (χ4v) is 5.21. The highest BCUT2D eigenvalue weighted by Gasteiger charge is 2.46. The van der Waals surface area contributed by atoms with Gasteiger partial charge in [-0.25, -0.2) is 9.97 Å². The number of anilines is 2. The lowest BCUT2D eigenvalue weighted by Gasteiger charge is -2.46. The lowest BCUT2D eigenvalue weighted by molar-refractivity contribution is -0.143. The molecule has 2 fully saturated rings. The first kappa shape index (κ1) is 24.2. The number of piperazine rings is 1. The van der Waals surface area contributed by atoms with Gasteiger partial charge >= 0.3 is 0 Å². The van der Waals surface area contributed by atoms with Crippen LogP contribution in [0.3, 0.4) is 0 Å². The minimum absolute atomic E-state index is 0.109. The maximum Gasteiger partial charge on any atom is 0.243 e. The SMILES string of the molecule is COCc1cccc(-c2oc(C)nc2CN2CCNC3(CCN(c4nc(C)cc(N)n4)CC3)C2=O)c1. The van der Waals surface area contributed by atoms with Crippen LogP contribution in [0.25, 0.3) is 11.3 Å². The van der Waals surface area contributed by atoms with Crippen molar-refractivity contribution in [3.05, 3.63) is 53.2 Å². The first-order valence-corrected chi connectivity index (χ1v) is 12.3. The van der Waals surface area contributed by atoms with Crippen LogP contribution < -0.4 is 16.0 Å². The summed E-state index contributed by atoms with van der Waals surface area (Å²) < 4.78 is 11.3. The van der Waals surface area contributed by atoms with E-state index in [1.54, 1.807) is 13.2 Å². The molecule has 0 bridgehead atoms. The summed E-state index contributed by atoms with van der Waals surface area (Å²) in [7, 11) is 1.68. The molecule has 0 unspecified atom stereocenters. The molecular weight excluding hydrogens is 458 g/mol. The van der Waals surface area contributed by atoms with Gasteiger partial charge in [0.2, 0.25) is 11.9 Å². The summed E-state index contributed by atoms with van der Waals surface area (Å²) >= 11 is 0. The summed E-state index contributed by atoms with van der Waals surface area (Å²) in [4.78, 5) is 31.4. The minimum Gasteiger partial charge on any atom is -0.441 e. The summed E-state index contributed by atoms with van der Waals surface area (Å²) in [6.45, 7) is 7.38. The zero-order valence-corrected chi connectivity index (χ0v) is 21.1. The van der Waals surface area contributed by atoms with Crippen LogP contribution in [0.1, 0.15) is 35.7 Å². The van der Waals surface area contributed by atoms with Crippen molar-refractivity contribution in [2.45, 2.75) is 45.4 Å². The molecule has 0 aliphatic carbocycles. The predicted molar refractivity (Wildman–Crippen MR) is 136 cm³/mol. The number of carbonyl (C=O) groups is 1. The van der Waals surface area contributed by atoms with E-state index in [1.807, 2.05) is 43.0 Å². The van der Waals surface area contributed by atoms with Gasteiger partial charge in [-0.2, -0.15) is 4.98 Å². The number of nitrogens with one attached hydrogen (secondary N) is 1. The molecule has 4 heterocycles. The van der Waals surface area contributed by atoms with Crippen molar-refractivity contribution in [3.8, 4) is 11.3 Å². The lowest BCUT2D eigenvalue weighted by Crippen LogP contribution is -2.67. The number of amides is 1. The predicted octanol–water partition coefficient (Wildman–Crippen LogP) is 2.45. The van der Waals surface area contributed by atoms with E-state index >= 15 is 0 Å². The van der Waals surface area contributed by atoms with Crippen molar-refractivity contribution < 1.29 is 13.9 Å². The number of benzene rings is 1. The van der Waals surface area contributed by atoms with Gasteiger partial charge in [0.15, 0.2) is 11.7 Å². The minimum atomic E-state index is -0.596. The molecule has 10 heteroatoms. The van der Waals surface area contributed by atoms with E-state index in [2.05, 4.69) is 25.2 Å². The maximum atomic E-state index is 13.8. The highest BCUT2D eigenvalue weighted by molar-refractivity contribution is 5.87.